The number of hydrogen-bond acceptors (Lipinski definition) is 4. The molecule has 0 radical (unpaired) electrons. The Kier molecular flexibility index (Phi) is 5.25. The van der Waals surface area contributed by atoms with E-state index in [4.69, 9.17) is 11.6 Å². The Morgan fingerprint density at radius 1 is 1.30 bits per heavy atom. The molecule has 0 aliphatic rings. The summed E-state index contributed by atoms with van der Waals surface area (Å²) in [5.41, 5.74) is -0.256. The van der Waals surface area contributed by atoms with Gasteiger partial charge in [0.2, 0.25) is 6.41 Å². The average Bonchev–Trinajstić information content (AvgIpc) is 3.23. The Bertz CT molecular complexity index is 967. The fourth-order valence-corrected chi connectivity index (χ4v) is 3.59. The number of hydrogen-bond donors (Lipinski definition) is 0. The van der Waals surface area contributed by atoms with Gasteiger partial charge in [-0.25, -0.2) is 4.98 Å². The van der Waals surface area contributed by atoms with Gasteiger partial charge in [-0.15, -0.1) is 0 Å². The Balaban J connectivity index is 2.04. The standard InChI is InChI=1S/C17H14ClF3N4OS/c1-10(2)25-13(7-15(23-25)17(19,20)21)14-8-22-16(27-14)24(9-26)12-6-4-3-5-11(12)18/h3-10H,1-2H3. The zero-order chi connectivity index (χ0) is 19.8. The first-order valence-corrected chi connectivity index (χ1v) is 9.04. The van der Waals surface area contributed by atoms with Crippen LogP contribution in [-0.4, -0.2) is 21.2 Å². The Labute approximate surface area is 162 Å². The normalized spacial score (nSPS) is 11.8. The van der Waals surface area contributed by atoms with Crippen molar-refractivity contribution in [2.75, 3.05) is 4.90 Å². The first-order valence-electron chi connectivity index (χ1n) is 7.84. The maximum atomic E-state index is 13.1. The molecule has 0 fully saturated rings. The third-order valence-electron chi connectivity index (χ3n) is 3.68. The number of para-hydroxylation sites is 1. The quantitative estimate of drug-likeness (QED) is 0.514. The highest BCUT2D eigenvalue weighted by Gasteiger charge is 2.35. The summed E-state index contributed by atoms with van der Waals surface area (Å²) in [5, 5.41) is 4.31. The van der Waals surface area contributed by atoms with E-state index >= 15 is 0 Å². The first kappa shape index (κ1) is 19.4. The molecule has 0 saturated heterocycles. The molecule has 5 nitrogen and oxygen atoms in total. The second-order valence-corrected chi connectivity index (χ2v) is 7.30. The number of amides is 1. The van der Waals surface area contributed by atoms with Gasteiger partial charge in [0.1, 0.15) is 0 Å². The van der Waals surface area contributed by atoms with Gasteiger partial charge in [0.05, 0.1) is 21.3 Å². The predicted octanol–water partition coefficient (Wildman–Crippen LogP) is 5.55. The summed E-state index contributed by atoms with van der Waals surface area (Å²) >= 11 is 7.20. The fourth-order valence-electron chi connectivity index (χ4n) is 2.46. The Hall–Kier alpha value is -2.39. The summed E-state index contributed by atoms with van der Waals surface area (Å²) in [6.45, 7) is 3.47. The maximum absolute atomic E-state index is 13.1. The minimum atomic E-state index is -4.55. The number of thiazole rings is 1. The highest BCUT2D eigenvalue weighted by atomic mass is 35.5. The topological polar surface area (TPSA) is 51.0 Å². The van der Waals surface area contributed by atoms with Gasteiger partial charge in [0.15, 0.2) is 10.8 Å². The van der Waals surface area contributed by atoms with E-state index in [-0.39, 0.29) is 16.9 Å². The number of nitrogens with zero attached hydrogens (tertiary/aromatic N) is 4. The van der Waals surface area contributed by atoms with Gasteiger partial charge >= 0.3 is 6.18 Å². The average molecular weight is 415 g/mol. The van der Waals surface area contributed by atoms with E-state index in [9.17, 15) is 18.0 Å². The lowest BCUT2D eigenvalue weighted by atomic mass is 10.3. The third-order valence-corrected chi connectivity index (χ3v) is 5.02. The lowest BCUT2D eigenvalue weighted by Crippen LogP contribution is -2.13. The molecule has 2 aromatic heterocycles. The van der Waals surface area contributed by atoms with Crippen molar-refractivity contribution in [1.82, 2.24) is 14.8 Å². The van der Waals surface area contributed by atoms with Crippen LogP contribution in [0.4, 0.5) is 24.0 Å². The number of rotatable bonds is 5. The number of aromatic nitrogens is 3. The lowest BCUT2D eigenvalue weighted by molar-refractivity contribution is -0.141. The van der Waals surface area contributed by atoms with Crippen LogP contribution in [-0.2, 0) is 11.0 Å². The van der Waals surface area contributed by atoms with Gasteiger partial charge in [0.25, 0.3) is 0 Å². The number of alkyl halides is 3. The van der Waals surface area contributed by atoms with Gasteiger partial charge in [-0.05, 0) is 32.0 Å². The van der Waals surface area contributed by atoms with E-state index in [1.807, 2.05) is 0 Å². The smallest absolute Gasteiger partial charge is 0.278 e. The van der Waals surface area contributed by atoms with Gasteiger partial charge in [-0.3, -0.25) is 14.4 Å². The number of carbonyl (C=O) groups excluding carboxylic acids is 1. The van der Waals surface area contributed by atoms with E-state index in [1.54, 1.807) is 38.1 Å². The van der Waals surface area contributed by atoms with Gasteiger partial charge in [-0.2, -0.15) is 18.3 Å². The highest BCUT2D eigenvalue weighted by Crippen LogP contribution is 2.39. The van der Waals surface area contributed by atoms with Crippen molar-refractivity contribution in [3.05, 3.63) is 47.2 Å². The van der Waals surface area contributed by atoms with Crippen molar-refractivity contribution in [3.63, 3.8) is 0 Å². The molecule has 142 valence electrons. The third kappa shape index (κ3) is 3.84. The molecule has 10 heteroatoms. The van der Waals surface area contributed by atoms with E-state index in [2.05, 4.69) is 10.1 Å². The van der Waals surface area contributed by atoms with Crippen LogP contribution in [0.3, 0.4) is 0 Å². The number of carbonyl (C=O) groups is 1. The number of anilines is 2. The second-order valence-electron chi connectivity index (χ2n) is 5.88. The van der Waals surface area contributed by atoms with Gasteiger partial charge < -0.3 is 0 Å². The zero-order valence-electron chi connectivity index (χ0n) is 14.2. The minimum Gasteiger partial charge on any atom is -0.278 e. The molecule has 0 atom stereocenters. The second kappa shape index (κ2) is 7.32. The highest BCUT2D eigenvalue weighted by molar-refractivity contribution is 7.19. The molecule has 1 amide bonds. The SMILES string of the molecule is CC(C)n1nc(C(F)(F)F)cc1-c1cnc(N(C=O)c2ccccc2Cl)s1. The maximum Gasteiger partial charge on any atom is 0.435 e. The van der Waals surface area contributed by atoms with Crippen molar-refractivity contribution in [3.8, 4) is 10.6 Å². The summed E-state index contributed by atoms with van der Waals surface area (Å²) in [6, 6.07) is 7.42. The van der Waals surface area contributed by atoms with Crippen molar-refractivity contribution in [2.45, 2.75) is 26.1 Å². The van der Waals surface area contributed by atoms with Crippen LogP contribution in [0.5, 0.6) is 0 Å². The lowest BCUT2D eigenvalue weighted by Gasteiger charge is -2.15. The van der Waals surface area contributed by atoms with Gasteiger partial charge in [-0.1, -0.05) is 35.1 Å². The zero-order valence-corrected chi connectivity index (χ0v) is 15.8. The largest absolute Gasteiger partial charge is 0.435 e. The molecule has 0 spiro atoms. The molecule has 0 aliphatic carbocycles. The molecular formula is C17H14ClF3N4OS. The molecule has 1 aromatic carbocycles. The van der Waals surface area contributed by atoms with E-state index in [0.29, 0.717) is 22.0 Å². The van der Waals surface area contributed by atoms with Crippen molar-refractivity contribution in [1.29, 1.82) is 0 Å². The van der Waals surface area contributed by atoms with Gasteiger partial charge in [0, 0.05) is 12.2 Å². The summed E-state index contributed by atoms with van der Waals surface area (Å²) in [7, 11) is 0. The summed E-state index contributed by atoms with van der Waals surface area (Å²) < 4.78 is 40.5. The predicted molar refractivity (Wildman–Crippen MR) is 98.4 cm³/mol. The van der Waals surface area contributed by atoms with Crippen molar-refractivity contribution in [2.24, 2.45) is 0 Å². The van der Waals surface area contributed by atoms with Crippen LogP contribution < -0.4 is 4.90 Å². The molecule has 0 saturated carbocycles. The Morgan fingerprint density at radius 2 is 2.00 bits per heavy atom. The molecule has 3 aromatic rings. The molecule has 0 unspecified atom stereocenters. The molecular weight excluding hydrogens is 401 g/mol. The fraction of sp³-hybridized carbons (Fsp3) is 0.235. The molecule has 3 rings (SSSR count). The van der Waals surface area contributed by atoms with Crippen LogP contribution >= 0.6 is 22.9 Å². The summed E-state index contributed by atoms with van der Waals surface area (Å²) in [5.74, 6) is 0. The number of benzene rings is 1. The molecule has 27 heavy (non-hydrogen) atoms. The van der Waals surface area contributed by atoms with E-state index in [0.717, 1.165) is 17.4 Å². The molecule has 2 heterocycles. The minimum absolute atomic E-state index is 0.283. The van der Waals surface area contributed by atoms with Crippen LogP contribution in [0.1, 0.15) is 25.6 Å². The van der Waals surface area contributed by atoms with E-state index < -0.39 is 11.9 Å². The summed E-state index contributed by atoms with van der Waals surface area (Å²) in [6.07, 6.45) is -2.57. The molecule has 0 bridgehead atoms. The monoisotopic (exact) mass is 414 g/mol. The summed E-state index contributed by atoms with van der Waals surface area (Å²) in [4.78, 5) is 17.5. The van der Waals surface area contributed by atoms with Crippen molar-refractivity contribution < 1.29 is 18.0 Å². The first-order chi connectivity index (χ1) is 12.7. The van der Waals surface area contributed by atoms with Crippen LogP contribution in [0, 0.1) is 0 Å². The van der Waals surface area contributed by atoms with Crippen molar-refractivity contribution >= 4 is 40.2 Å². The van der Waals surface area contributed by atoms with E-state index in [1.165, 1.54) is 15.8 Å². The number of halogens is 4. The van der Waals surface area contributed by atoms with Crippen LogP contribution in [0.2, 0.25) is 5.02 Å². The van der Waals surface area contributed by atoms with Crippen LogP contribution in [0.15, 0.2) is 36.5 Å². The Morgan fingerprint density at radius 3 is 2.59 bits per heavy atom. The molecule has 0 N–H and O–H groups in total. The van der Waals surface area contributed by atoms with Crippen LogP contribution in [0.25, 0.3) is 10.6 Å². The molecule has 0 aliphatic heterocycles.